The number of hydrogen-bond acceptors (Lipinski definition) is 3. The SMILES string of the molecule is O=C(NCC(C(=O)O)c1ccc(F)cc1)C1CCCN(C(=O)C2CC2)C1. The van der Waals surface area contributed by atoms with Crippen molar-refractivity contribution in [2.24, 2.45) is 11.8 Å². The quantitative estimate of drug-likeness (QED) is 0.807. The van der Waals surface area contributed by atoms with Gasteiger partial charge in [-0.25, -0.2) is 4.39 Å². The Morgan fingerprint density at radius 2 is 1.85 bits per heavy atom. The molecule has 2 aliphatic rings. The van der Waals surface area contributed by atoms with E-state index in [0.29, 0.717) is 25.1 Å². The Morgan fingerprint density at radius 1 is 1.15 bits per heavy atom. The molecule has 7 heteroatoms. The van der Waals surface area contributed by atoms with E-state index < -0.39 is 17.7 Å². The van der Waals surface area contributed by atoms with Crippen LogP contribution in [0.3, 0.4) is 0 Å². The average Bonchev–Trinajstić information content (AvgIpc) is 3.47. The maximum absolute atomic E-state index is 13.0. The molecule has 2 fully saturated rings. The molecule has 140 valence electrons. The number of hydrogen-bond donors (Lipinski definition) is 2. The number of carbonyl (C=O) groups excluding carboxylic acids is 2. The van der Waals surface area contributed by atoms with Crippen LogP contribution >= 0.6 is 0 Å². The van der Waals surface area contributed by atoms with Crippen LogP contribution in [0.5, 0.6) is 0 Å². The molecule has 1 saturated carbocycles. The molecule has 1 aliphatic carbocycles. The van der Waals surface area contributed by atoms with Gasteiger partial charge in [-0.2, -0.15) is 0 Å². The number of likely N-dealkylation sites (tertiary alicyclic amines) is 1. The second kappa shape index (κ2) is 7.85. The van der Waals surface area contributed by atoms with E-state index in [2.05, 4.69) is 5.32 Å². The van der Waals surface area contributed by atoms with E-state index in [1.807, 2.05) is 0 Å². The van der Waals surface area contributed by atoms with Crippen LogP contribution in [0, 0.1) is 17.7 Å². The lowest BCUT2D eigenvalue weighted by molar-refractivity contribution is -0.138. The summed E-state index contributed by atoms with van der Waals surface area (Å²) in [5.41, 5.74) is 0.438. The maximum atomic E-state index is 13.0. The summed E-state index contributed by atoms with van der Waals surface area (Å²) in [6, 6.07) is 5.24. The minimum absolute atomic E-state index is 0.0626. The van der Waals surface area contributed by atoms with E-state index in [1.165, 1.54) is 24.3 Å². The fourth-order valence-electron chi connectivity index (χ4n) is 3.37. The van der Waals surface area contributed by atoms with Crippen molar-refractivity contribution in [3.05, 3.63) is 35.6 Å². The van der Waals surface area contributed by atoms with Gasteiger partial charge in [-0.3, -0.25) is 14.4 Å². The number of nitrogens with one attached hydrogen (secondary N) is 1. The first-order valence-corrected chi connectivity index (χ1v) is 9.00. The van der Waals surface area contributed by atoms with Gasteiger partial charge in [0, 0.05) is 25.6 Å². The molecule has 2 N–H and O–H groups in total. The molecular weight excluding hydrogens is 339 g/mol. The Kier molecular flexibility index (Phi) is 5.54. The van der Waals surface area contributed by atoms with Crippen LogP contribution in [0.4, 0.5) is 4.39 Å². The molecule has 0 spiro atoms. The fraction of sp³-hybridized carbons (Fsp3) is 0.526. The van der Waals surface area contributed by atoms with Gasteiger partial charge in [-0.15, -0.1) is 0 Å². The number of carboxylic acids is 1. The normalized spacial score (nSPS) is 21.1. The third-order valence-electron chi connectivity index (χ3n) is 5.08. The zero-order chi connectivity index (χ0) is 18.7. The lowest BCUT2D eigenvalue weighted by Crippen LogP contribution is -2.46. The van der Waals surface area contributed by atoms with Crippen LogP contribution in [-0.4, -0.2) is 47.4 Å². The third-order valence-corrected chi connectivity index (χ3v) is 5.08. The van der Waals surface area contributed by atoms with Crippen molar-refractivity contribution in [3.63, 3.8) is 0 Å². The van der Waals surface area contributed by atoms with Gasteiger partial charge in [-0.1, -0.05) is 12.1 Å². The van der Waals surface area contributed by atoms with Gasteiger partial charge in [0.2, 0.25) is 11.8 Å². The van der Waals surface area contributed by atoms with Crippen molar-refractivity contribution in [2.45, 2.75) is 31.6 Å². The van der Waals surface area contributed by atoms with Crippen molar-refractivity contribution < 1.29 is 23.9 Å². The molecule has 0 aromatic heterocycles. The largest absolute Gasteiger partial charge is 0.481 e. The maximum Gasteiger partial charge on any atom is 0.312 e. The standard InChI is InChI=1S/C19H23FN2O4/c20-15-7-5-12(6-8-15)16(19(25)26)10-21-17(23)14-2-1-9-22(11-14)18(24)13-3-4-13/h5-8,13-14,16H,1-4,9-11H2,(H,21,23)(H,25,26). The molecule has 3 rings (SSSR count). The fourth-order valence-corrected chi connectivity index (χ4v) is 3.37. The van der Waals surface area contributed by atoms with Crippen molar-refractivity contribution in [3.8, 4) is 0 Å². The predicted molar refractivity (Wildman–Crippen MR) is 91.8 cm³/mol. The summed E-state index contributed by atoms with van der Waals surface area (Å²) in [6.45, 7) is 1.02. The molecule has 1 aromatic carbocycles. The molecule has 1 saturated heterocycles. The number of carbonyl (C=O) groups is 3. The van der Waals surface area contributed by atoms with Gasteiger partial charge in [0.05, 0.1) is 11.8 Å². The van der Waals surface area contributed by atoms with Gasteiger partial charge < -0.3 is 15.3 Å². The van der Waals surface area contributed by atoms with Crippen molar-refractivity contribution >= 4 is 17.8 Å². The van der Waals surface area contributed by atoms with E-state index >= 15 is 0 Å². The van der Waals surface area contributed by atoms with Crippen LogP contribution in [0.15, 0.2) is 24.3 Å². The summed E-state index contributed by atoms with van der Waals surface area (Å²) in [7, 11) is 0. The number of halogens is 1. The van der Waals surface area contributed by atoms with Gasteiger partial charge in [0.25, 0.3) is 0 Å². The number of benzene rings is 1. The second-order valence-corrected chi connectivity index (χ2v) is 7.09. The van der Waals surface area contributed by atoms with Crippen LogP contribution in [0.2, 0.25) is 0 Å². The lowest BCUT2D eigenvalue weighted by atomic mass is 9.95. The minimum Gasteiger partial charge on any atom is -0.481 e. The summed E-state index contributed by atoms with van der Waals surface area (Å²) in [4.78, 5) is 37.9. The van der Waals surface area contributed by atoms with Crippen molar-refractivity contribution in [1.82, 2.24) is 10.2 Å². The first-order chi connectivity index (χ1) is 12.5. The number of carboxylic acid groups (broad SMARTS) is 1. The summed E-state index contributed by atoms with van der Waals surface area (Å²) >= 11 is 0. The summed E-state index contributed by atoms with van der Waals surface area (Å²) in [5, 5.41) is 12.1. The van der Waals surface area contributed by atoms with Gasteiger partial charge in [-0.05, 0) is 43.4 Å². The van der Waals surface area contributed by atoms with E-state index in [4.69, 9.17) is 0 Å². The molecule has 2 amide bonds. The Morgan fingerprint density at radius 3 is 2.46 bits per heavy atom. The van der Waals surface area contributed by atoms with Crippen LogP contribution < -0.4 is 5.32 Å². The molecule has 1 aromatic rings. The Balaban J connectivity index is 1.56. The van der Waals surface area contributed by atoms with E-state index in [9.17, 15) is 23.9 Å². The highest BCUT2D eigenvalue weighted by atomic mass is 19.1. The zero-order valence-electron chi connectivity index (χ0n) is 14.5. The van der Waals surface area contributed by atoms with E-state index in [1.54, 1.807) is 4.90 Å². The van der Waals surface area contributed by atoms with Crippen LogP contribution in [-0.2, 0) is 14.4 Å². The topological polar surface area (TPSA) is 86.7 Å². The summed E-state index contributed by atoms with van der Waals surface area (Å²) in [6.07, 6.45) is 3.33. The van der Waals surface area contributed by atoms with Gasteiger partial charge >= 0.3 is 5.97 Å². The number of nitrogens with zero attached hydrogens (tertiary/aromatic N) is 1. The second-order valence-electron chi connectivity index (χ2n) is 7.09. The monoisotopic (exact) mass is 362 g/mol. The first-order valence-electron chi connectivity index (χ1n) is 9.00. The van der Waals surface area contributed by atoms with Crippen LogP contribution in [0.1, 0.15) is 37.2 Å². The smallest absolute Gasteiger partial charge is 0.312 e. The summed E-state index contributed by atoms with van der Waals surface area (Å²) in [5.74, 6) is -2.73. The highest BCUT2D eigenvalue weighted by Gasteiger charge is 2.36. The Bertz CT molecular complexity index is 687. The summed E-state index contributed by atoms with van der Waals surface area (Å²) < 4.78 is 13.0. The van der Waals surface area contributed by atoms with Gasteiger partial charge in [0.15, 0.2) is 0 Å². The molecular formula is C19H23FN2O4. The lowest BCUT2D eigenvalue weighted by Gasteiger charge is -2.32. The van der Waals surface area contributed by atoms with Gasteiger partial charge in [0.1, 0.15) is 5.82 Å². The molecule has 2 atom stereocenters. The molecule has 1 aliphatic heterocycles. The highest BCUT2D eigenvalue weighted by molar-refractivity contribution is 5.84. The third kappa shape index (κ3) is 4.39. The van der Waals surface area contributed by atoms with E-state index in [0.717, 1.165) is 19.3 Å². The van der Waals surface area contributed by atoms with Crippen molar-refractivity contribution in [1.29, 1.82) is 0 Å². The van der Waals surface area contributed by atoms with Crippen molar-refractivity contribution in [2.75, 3.05) is 19.6 Å². The number of aliphatic carboxylic acids is 1. The molecule has 6 nitrogen and oxygen atoms in total. The molecule has 0 radical (unpaired) electrons. The van der Waals surface area contributed by atoms with E-state index in [-0.39, 0.29) is 30.2 Å². The predicted octanol–water partition coefficient (Wildman–Crippen LogP) is 1.76. The molecule has 2 unspecified atom stereocenters. The highest BCUT2D eigenvalue weighted by Crippen LogP contribution is 2.32. The number of piperidine rings is 1. The number of rotatable bonds is 6. The molecule has 26 heavy (non-hydrogen) atoms. The number of amides is 2. The Hall–Kier alpha value is -2.44. The van der Waals surface area contributed by atoms with Crippen LogP contribution in [0.25, 0.3) is 0 Å². The average molecular weight is 362 g/mol. The minimum atomic E-state index is -1.08. The Labute approximate surface area is 151 Å². The molecule has 1 heterocycles. The molecule has 0 bridgehead atoms. The first kappa shape index (κ1) is 18.4. The zero-order valence-corrected chi connectivity index (χ0v) is 14.5.